The average Bonchev–Trinajstić information content (AvgIpc) is 3.19. The van der Waals surface area contributed by atoms with Gasteiger partial charge in [0.15, 0.2) is 0 Å². The molecule has 0 bridgehead atoms. The third kappa shape index (κ3) is 5.26. The van der Waals surface area contributed by atoms with Crippen LogP contribution in [-0.2, 0) is 6.54 Å². The Morgan fingerprint density at radius 2 is 1.56 bits per heavy atom. The monoisotopic (exact) mass is 458 g/mol. The van der Waals surface area contributed by atoms with Crippen molar-refractivity contribution in [1.29, 1.82) is 0 Å². The van der Waals surface area contributed by atoms with Crippen molar-refractivity contribution < 1.29 is 8.78 Å². The number of piperidine rings is 2. The molecule has 4 heterocycles. The van der Waals surface area contributed by atoms with Crippen molar-refractivity contribution in [2.24, 2.45) is 5.41 Å². The van der Waals surface area contributed by atoms with Crippen LogP contribution in [0.3, 0.4) is 0 Å². The van der Waals surface area contributed by atoms with E-state index in [1.165, 1.54) is 37.9 Å². The van der Waals surface area contributed by atoms with Crippen molar-refractivity contribution in [2.75, 3.05) is 44.2 Å². The maximum absolute atomic E-state index is 13.4. The van der Waals surface area contributed by atoms with Gasteiger partial charge in [-0.1, -0.05) is 30.3 Å². The van der Waals surface area contributed by atoms with Gasteiger partial charge < -0.3 is 4.90 Å². The van der Waals surface area contributed by atoms with Crippen molar-refractivity contribution in [3.8, 4) is 0 Å². The number of halogens is 2. The molecule has 0 radical (unpaired) electrons. The highest BCUT2D eigenvalue weighted by molar-refractivity contribution is 7.97. The summed E-state index contributed by atoms with van der Waals surface area (Å²) >= 11 is 1.80. The number of aromatic nitrogens is 1. The van der Waals surface area contributed by atoms with E-state index in [-0.39, 0.29) is 12.8 Å². The summed E-state index contributed by atoms with van der Waals surface area (Å²) in [6, 6.07) is 14.8. The van der Waals surface area contributed by atoms with Crippen molar-refractivity contribution in [3.05, 3.63) is 54.2 Å². The summed E-state index contributed by atoms with van der Waals surface area (Å²) in [5.74, 6) is -1.70. The molecule has 7 heteroatoms. The van der Waals surface area contributed by atoms with Crippen molar-refractivity contribution in [2.45, 2.75) is 49.5 Å². The smallest absolute Gasteiger partial charge is 0.251 e. The summed E-state index contributed by atoms with van der Waals surface area (Å²) < 4.78 is 29.3. The van der Waals surface area contributed by atoms with Gasteiger partial charge in [0.05, 0.1) is 0 Å². The van der Waals surface area contributed by atoms with Gasteiger partial charge in [-0.05, 0) is 67.4 Å². The van der Waals surface area contributed by atoms with Gasteiger partial charge in [-0.15, -0.1) is 0 Å². The SMILES string of the molecule is FC1(F)CCN(c2ccc(SN3CCC4(CCN(Cc5ccccc5)CC4)C3)cn2)CC1. The lowest BCUT2D eigenvalue weighted by Gasteiger charge is -2.39. The fourth-order valence-electron chi connectivity index (χ4n) is 5.23. The van der Waals surface area contributed by atoms with Crippen molar-refractivity contribution in [3.63, 3.8) is 0 Å². The molecule has 3 fully saturated rings. The summed E-state index contributed by atoms with van der Waals surface area (Å²) in [6.45, 7) is 6.43. The zero-order chi connectivity index (χ0) is 22.0. The lowest BCUT2D eigenvalue weighted by molar-refractivity contribution is -0.0221. The minimum absolute atomic E-state index is 0.0795. The van der Waals surface area contributed by atoms with Crippen LogP contribution in [0.1, 0.15) is 37.7 Å². The molecule has 0 N–H and O–H groups in total. The molecule has 172 valence electrons. The van der Waals surface area contributed by atoms with E-state index in [9.17, 15) is 8.78 Å². The zero-order valence-electron chi connectivity index (χ0n) is 18.6. The Morgan fingerprint density at radius 3 is 2.25 bits per heavy atom. The summed E-state index contributed by atoms with van der Waals surface area (Å²) in [5.41, 5.74) is 1.85. The molecule has 3 saturated heterocycles. The van der Waals surface area contributed by atoms with Gasteiger partial charge in [0.1, 0.15) is 5.82 Å². The van der Waals surface area contributed by atoms with E-state index >= 15 is 0 Å². The molecule has 0 amide bonds. The minimum atomic E-state index is -2.52. The molecule has 0 aliphatic carbocycles. The van der Waals surface area contributed by atoms with Crippen molar-refractivity contribution >= 4 is 17.8 Å². The molecule has 3 aliphatic rings. The first-order chi connectivity index (χ1) is 15.5. The van der Waals surface area contributed by atoms with Crippen LogP contribution in [0.5, 0.6) is 0 Å². The van der Waals surface area contributed by atoms with Crippen LogP contribution in [0.25, 0.3) is 0 Å². The first-order valence-corrected chi connectivity index (χ1v) is 12.5. The normalized spacial score (nSPS) is 23.6. The van der Waals surface area contributed by atoms with Crippen LogP contribution in [0.15, 0.2) is 53.6 Å². The van der Waals surface area contributed by atoms with E-state index in [4.69, 9.17) is 0 Å². The maximum atomic E-state index is 13.4. The molecular formula is C25H32F2N4S. The Morgan fingerprint density at radius 1 is 0.844 bits per heavy atom. The molecule has 32 heavy (non-hydrogen) atoms. The first kappa shape index (κ1) is 22.1. The van der Waals surface area contributed by atoms with Crippen LogP contribution in [0.4, 0.5) is 14.6 Å². The number of anilines is 1. The average molecular weight is 459 g/mol. The summed E-state index contributed by atoms with van der Waals surface area (Å²) in [6.07, 6.45) is 5.56. The Bertz CT molecular complexity index is 875. The summed E-state index contributed by atoms with van der Waals surface area (Å²) in [7, 11) is 0. The van der Waals surface area contributed by atoms with Gasteiger partial charge in [-0.25, -0.2) is 18.1 Å². The Kier molecular flexibility index (Phi) is 6.41. The zero-order valence-corrected chi connectivity index (χ0v) is 19.4. The third-order valence-electron chi connectivity index (χ3n) is 7.34. The number of nitrogens with zero attached hydrogens (tertiary/aromatic N) is 4. The number of pyridine rings is 1. The van der Waals surface area contributed by atoms with E-state index in [2.05, 4.69) is 50.6 Å². The Hall–Kier alpha value is -1.70. The first-order valence-electron chi connectivity index (χ1n) is 11.8. The van der Waals surface area contributed by atoms with E-state index in [0.29, 0.717) is 18.5 Å². The van der Waals surface area contributed by atoms with Gasteiger partial charge in [0, 0.05) is 56.7 Å². The molecule has 2 aromatic rings. The lowest BCUT2D eigenvalue weighted by Crippen LogP contribution is -2.40. The van der Waals surface area contributed by atoms with Crippen molar-refractivity contribution in [1.82, 2.24) is 14.2 Å². The number of hydrogen-bond donors (Lipinski definition) is 0. The van der Waals surface area contributed by atoms with Crippen LogP contribution in [0.2, 0.25) is 0 Å². The quantitative estimate of drug-likeness (QED) is 0.565. The Balaban J connectivity index is 1.10. The highest BCUT2D eigenvalue weighted by atomic mass is 32.2. The molecule has 3 aliphatic heterocycles. The predicted octanol–water partition coefficient (Wildman–Crippen LogP) is 5.31. The number of likely N-dealkylation sites (tertiary alicyclic amines) is 1. The van der Waals surface area contributed by atoms with E-state index in [1.807, 2.05) is 17.2 Å². The molecule has 1 aromatic carbocycles. The molecule has 0 saturated carbocycles. The highest BCUT2D eigenvalue weighted by Gasteiger charge is 2.41. The second kappa shape index (κ2) is 9.27. The molecule has 0 atom stereocenters. The van der Waals surface area contributed by atoms with Gasteiger partial charge in [0.25, 0.3) is 5.92 Å². The number of alkyl halides is 2. The van der Waals surface area contributed by atoms with Crippen LogP contribution in [0, 0.1) is 5.41 Å². The largest absolute Gasteiger partial charge is 0.356 e. The lowest BCUT2D eigenvalue weighted by atomic mass is 9.78. The number of hydrogen-bond acceptors (Lipinski definition) is 5. The fourth-order valence-corrected chi connectivity index (χ4v) is 6.28. The molecular weight excluding hydrogens is 426 g/mol. The van der Waals surface area contributed by atoms with Crippen LogP contribution < -0.4 is 4.90 Å². The number of rotatable bonds is 5. The summed E-state index contributed by atoms with van der Waals surface area (Å²) in [4.78, 5) is 10.3. The van der Waals surface area contributed by atoms with Crippen LogP contribution in [-0.4, -0.2) is 59.4 Å². The molecule has 1 spiro atoms. The standard InChI is InChI=1S/C25H32F2N4S/c26-25(27)11-15-30(16-12-25)23-7-6-22(18-28-23)32-31-17-10-24(20-31)8-13-29(14-9-24)19-21-4-2-1-3-5-21/h1-7,18H,8-17,19-20H2. The Labute approximate surface area is 194 Å². The second-order valence-corrected chi connectivity index (χ2v) is 10.8. The maximum Gasteiger partial charge on any atom is 0.251 e. The van der Waals surface area contributed by atoms with E-state index < -0.39 is 5.92 Å². The van der Waals surface area contributed by atoms with Crippen LogP contribution >= 0.6 is 11.9 Å². The van der Waals surface area contributed by atoms with E-state index in [0.717, 1.165) is 30.3 Å². The minimum Gasteiger partial charge on any atom is -0.356 e. The van der Waals surface area contributed by atoms with Gasteiger partial charge >= 0.3 is 0 Å². The predicted molar refractivity (Wildman–Crippen MR) is 126 cm³/mol. The molecule has 4 nitrogen and oxygen atoms in total. The molecule has 1 aromatic heterocycles. The van der Waals surface area contributed by atoms with E-state index in [1.54, 1.807) is 11.9 Å². The fraction of sp³-hybridized carbons (Fsp3) is 0.560. The highest BCUT2D eigenvalue weighted by Crippen LogP contribution is 2.44. The number of benzene rings is 1. The molecule has 0 unspecified atom stereocenters. The van der Waals surface area contributed by atoms with Gasteiger partial charge in [0.2, 0.25) is 0 Å². The van der Waals surface area contributed by atoms with Gasteiger partial charge in [-0.2, -0.15) is 0 Å². The summed E-state index contributed by atoms with van der Waals surface area (Å²) in [5, 5.41) is 0. The third-order valence-corrected chi connectivity index (χ3v) is 8.37. The van der Waals surface area contributed by atoms with Gasteiger partial charge in [-0.3, -0.25) is 4.90 Å². The second-order valence-electron chi connectivity index (χ2n) is 9.66. The topological polar surface area (TPSA) is 22.6 Å². The molecule has 5 rings (SSSR count).